The minimum Gasteiger partial charge on any atom is -0.394 e. The maximum atomic E-state index is 9.24. The number of ether oxygens (including phenoxy) is 2. The van der Waals surface area contributed by atoms with E-state index in [-0.39, 0.29) is 6.61 Å². The quantitative estimate of drug-likeness (QED) is 0.222. The lowest BCUT2D eigenvalue weighted by molar-refractivity contribution is -0.331. The van der Waals surface area contributed by atoms with Gasteiger partial charge in [0.25, 0.3) is 0 Å². The van der Waals surface area contributed by atoms with Gasteiger partial charge in [0.1, 0.15) is 42.7 Å². The molecule has 0 unspecified atom stereocenters. The Bertz CT molecular complexity index is 378. The summed E-state index contributed by atoms with van der Waals surface area (Å²) in [4.78, 5) is 0. The predicted molar refractivity (Wildman–Crippen MR) is 72.0 cm³/mol. The second kappa shape index (κ2) is 8.75. The van der Waals surface area contributed by atoms with Gasteiger partial charge in [-0.05, 0) is 0 Å². The van der Waals surface area contributed by atoms with Crippen molar-refractivity contribution in [1.82, 2.24) is 0 Å². The molecule has 2 saturated heterocycles. The summed E-state index contributed by atoms with van der Waals surface area (Å²) in [6.45, 7) is -1.69. The molecule has 2 heterocycles. The van der Waals surface area contributed by atoms with Gasteiger partial charge in [-0.25, -0.2) is 0 Å². The number of rotatable bonds is 2. The summed E-state index contributed by atoms with van der Waals surface area (Å²) in [5.74, 6) is -2.17. The normalized spacial score (nSPS) is 49.2. The van der Waals surface area contributed by atoms with Crippen LogP contribution in [0.4, 0.5) is 0 Å². The molecule has 9 atom stereocenters. The third-order valence-electron chi connectivity index (χ3n) is 3.78. The standard InChI is InChI=1S/2C6H12O6/c7-2-6(11)5(10)4(9)3(8)1-12-6;7-1-2-3(8)4(9)5(10)6(11)12-2/h3-5,7-11H,1-2H2;2-11H,1H2/t3-,4-,5+,6-;2-,3+,4+,5-,6-/m11/s1. The maximum absolute atomic E-state index is 9.24. The Balaban J connectivity index is 0.000000240. The molecule has 2 rings (SSSR count). The van der Waals surface area contributed by atoms with E-state index in [4.69, 9.17) is 46.0 Å². The van der Waals surface area contributed by atoms with Crippen molar-refractivity contribution in [2.75, 3.05) is 19.8 Å². The zero-order valence-corrected chi connectivity index (χ0v) is 12.5. The van der Waals surface area contributed by atoms with Crippen LogP contribution in [0, 0.1) is 0 Å². The first-order valence-corrected chi connectivity index (χ1v) is 7.09. The molecule has 0 aromatic heterocycles. The van der Waals surface area contributed by atoms with Gasteiger partial charge < -0.3 is 60.5 Å². The average Bonchev–Trinajstić information content (AvgIpc) is 2.58. The predicted octanol–water partition coefficient (Wildman–Crippen LogP) is -6.44. The molecule has 0 amide bonds. The first-order valence-electron chi connectivity index (χ1n) is 7.09. The number of aliphatic hydroxyl groups is 10. The molecule has 12 nitrogen and oxygen atoms in total. The van der Waals surface area contributed by atoms with Crippen LogP contribution in [0.1, 0.15) is 0 Å². The Kier molecular flexibility index (Phi) is 7.86. The van der Waals surface area contributed by atoms with E-state index in [0.717, 1.165) is 0 Å². The van der Waals surface area contributed by atoms with Crippen LogP contribution in [-0.2, 0) is 9.47 Å². The second-order valence-corrected chi connectivity index (χ2v) is 5.54. The van der Waals surface area contributed by atoms with E-state index in [1.165, 1.54) is 0 Å². The van der Waals surface area contributed by atoms with Crippen LogP contribution in [0.2, 0.25) is 0 Å². The van der Waals surface area contributed by atoms with Crippen LogP contribution in [0.3, 0.4) is 0 Å². The molecule has 2 aliphatic rings. The summed E-state index contributed by atoms with van der Waals surface area (Å²) in [5.41, 5.74) is 0. The topological polar surface area (TPSA) is 221 Å². The molecule has 0 radical (unpaired) electrons. The molecule has 0 aliphatic carbocycles. The van der Waals surface area contributed by atoms with Crippen molar-refractivity contribution in [3.8, 4) is 0 Å². The molecule has 24 heavy (non-hydrogen) atoms. The van der Waals surface area contributed by atoms with Crippen molar-refractivity contribution in [3.63, 3.8) is 0 Å². The molecule has 0 aromatic carbocycles. The van der Waals surface area contributed by atoms with Crippen molar-refractivity contribution in [2.45, 2.75) is 54.8 Å². The Morgan fingerprint density at radius 1 is 0.833 bits per heavy atom. The van der Waals surface area contributed by atoms with Crippen molar-refractivity contribution in [2.24, 2.45) is 0 Å². The second-order valence-electron chi connectivity index (χ2n) is 5.54. The van der Waals surface area contributed by atoms with E-state index >= 15 is 0 Å². The lowest BCUT2D eigenvalue weighted by atomic mass is 9.98. The highest BCUT2D eigenvalue weighted by molar-refractivity contribution is 4.91. The molecule has 0 spiro atoms. The highest BCUT2D eigenvalue weighted by Crippen LogP contribution is 2.23. The molecule has 144 valence electrons. The van der Waals surface area contributed by atoms with Crippen LogP contribution in [0.5, 0.6) is 0 Å². The molecule has 12 heteroatoms. The van der Waals surface area contributed by atoms with E-state index in [2.05, 4.69) is 9.47 Å². The fourth-order valence-corrected chi connectivity index (χ4v) is 2.11. The first-order chi connectivity index (χ1) is 11.1. The lowest BCUT2D eigenvalue weighted by Gasteiger charge is -2.40. The van der Waals surface area contributed by atoms with Gasteiger partial charge in [-0.3, -0.25) is 0 Å². The highest BCUT2D eigenvalue weighted by Gasteiger charge is 2.48. The van der Waals surface area contributed by atoms with Crippen LogP contribution in [0.25, 0.3) is 0 Å². The third-order valence-corrected chi connectivity index (χ3v) is 3.78. The van der Waals surface area contributed by atoms with Crippen LogP contribution >= 0.6 is 0 Å². The summed E-state index contributed by atoms with van der Waals surface area (Å²) in [6.07, 6.45) is -11.5. The number of aliphatic hydroxyl groups excluding tert-OH is 9. The van der Waals surface area contributed by atoms with Crippen molar-refractivity contribution >= 4 is 0 Å². The van der Waals surface area contributed by atoms with Crippen LogP contribution < -0.4 is 0 Å². The zero-order valence-electron chi connectivity index (χ0n) is 12.5. The van der Waals surface area contributed by atoms with Gasteiger partial charge >= 0.3 is 0 Å². The van der Waals surface area contributed by atoms with Gasteiger partial charge in [-0.2, -0.15) is 0 Å². The molecular formula is C12H24O12. The van der Waals surface area contributed by atoms with E-state index in [1.807, 2.05) is 0 Å². The lowest BCUT2D eigenvalue weighted by Crippen LogP contribution is -2.62. The highest BCUT2D eigenvalue weighted by atomic mass is 16.7. The Labute approximate surface area is 136 Å². The van der Waals surface area contributed by atoms with E-state index < -0.39 is 68.0 Å². The Morgan fingerprint density at radius 3 is 1.92 bits per heavy atom. The van der Waals surface area contributed by atoms with Gasteiger partial charge in [0.2, 0.25) is 5.79 Å². The molecular weight excluding hydrogens is 336 g/mol. The van der Waals surface area contributed by atoms with E-state index in [1.54, 1.807) is 0 Å². The fraction of sp³-hybridized carbons (Fsp3) is 1.00. The SMILES string of the molecule is OC[C@@]1(O)OC[C@@H](O)[C@@H](O)[C@@H]1O.OC[C@H]1O[C@@H](O)[C@H](O)[C@@H](O)[C@H]1O. The van der Waals surface area contributed by atoms with Crippen molar-refractivity contribution in [1.29, 1.82) is 0 Å². The average molecular weight is 360 g/mol. The van der Waals surface area contributed by atoms with E-state index in [0.29, 0.717) is 0 Å². The van der Waals surface area contributed by atoms with Gasteiger partial charge in [0, 0.05) is 0 Å². The summed E-state index contributed by atoms with van der Waals surface area (Å²) in [7, 11) is 0. The van der Waals surface area contributed by atoms with Crippen LogP contribution in [0.15, 0.2) is 0 Å². The minimum absolute atomic E-state index is 0.324. The summed E-state index contributed by atoms with van der Waals surface area (Å²) < 4.78 is 9.13. The molecule has 2 aliphatic heterocycles. The van der Waals surface area contributed by atoms with Gasteiger partial charge in [0.05, 0.1) is 19.8 Å². The molecule has 10 N–H and O–H groups in total. The van der Waals surface area contributed by atoms with Gasteiger partial charge in [0.15, 0.2) is 6.29 Å². The first kappa shape index (κ1) is 21.6. The molecule has 0 bridgehead atoms. The minimum atomic E-state index is -2.17. The molecule has 2 fully saturated rings. The summed E-state index contributed by atoms with van der Waals surface area (Å²) in [6, 6.07) is 0. The van der Waals surface area contributed by atoms with Crippen molar-refractivity contribution in [3.05, 3.63) is 0 Å². The third kappa shape index (κ3) is 4.57. The number of hydrogen-bond acceptors (Lipinski definition) is 12. The molecule has 0 aromatic rings. The van der Waals surface area contributed by atoms with Crippen LogP contribution in [-0.4, -0.2) is 126 Å². The zero-order chi connectivity index (χ0) is 18.7. The van der Waals surface area contributed by atoms with Gasteiger partial charge in [-0.15, -0.1) is 0 Å². The van der Waals surface area contributed by atoms with Crippen molar-refractivity contribution < 1.29 is 60.5 Å². The summed E-state index contributed by atoms with van der Waals surface area (Å²) in [5, 5.41) is 89.6. The largest absolute Gasteiger partial charge is 0.394 e. The monoisotopic (exact) mass is 360 g/mol. The Morgan fingerprint density at radius 2 is 1.42 bits per heavy atom. The van der Waals surface area contributed by atoms with E-state index in [9.17, 15) is 5.11 Å². The molecule has 0 saturated carbocycles. The number of hydrogen-bond donors (Lipinski definition) is 10. The summed E-state index contributed by atoms with van der Waals surface area (Å²) >= 11 is 0. The maximum Gasteiger partial charge on any atom is 0.218 e. The fourth-order valence-electron chi connectivity index (χ4n) is 2.11. The van der Waals surface area contributed by atoms with Gasteiger partial charge in [-0.1, -0.05) is 0 Å². The Hall–Kier alpha value is -0.480. The smallest absolute Gasteiger partial charge is 0.218 e.